The van der Waals surface area contributed by atoms with E-state index in [1.54, 1.807) is 6.20 Å². The predicted octanol–water partition coefficient (Wildman–Crippen LogP) is 3.55. The quantitative estimate of drug-likeness (QED) is 0.935. The first-order valence-electron chi connectivity index (χ1n) is 7.16. The summed E-state index contributed by atoms with van der Waals surface area (Å²) in [4.78, 5) is 15.6. The minimum atomic E-state index is -0.781. The summed E-state index contributed by atoms with van der Waals surface area (Å²) in [5.41, 5.74) is 2.97. The van der Waals surface area contributed by atoms with E-state index in [2.05, 4.69) is 4.98 Å². The van der Waals surface area contributed by atoms with E-state index in [0.29, 0.717) is 12.3 Å². The van der Waals surface area contributed by atoms with Gasteiger partial charge >= 0.3 is 5.97 Å². The summed E-state index contributed by atoms with van der Waals surface area (Å²) in [5.74, 6) is 0.182. The molecule has 0 saturated carbocycles. The van der Waals surface area contributed by atoms with Gasteiger partial charge in [0.1, 0.15) is 5.75 Å². The van der Waals surface area contributed by atoms with Crippen molar-refractivity contribution in [1.82, 2.24) is 4.98 Å². The fourth-order valence-electron chi connectivity index (χ4n) is 2.74. The normalized spacial score (nSPS) is 14.3. The van der Waals surface area contributed by atoms with Gasteiger partial charge in [0, 0.05) is 11.8 Å². The number of fused-ring (bicyclic) bond motifs is 2. The molecule has 0 spiro atoms. The van der Waals surface area contributed by atoms with E-state index in [-0.39, 0.29) is 0 Å². The van der Waals surface area contributed by atoms with Crippen LogP contribution in [0.3, 0.4) is 0 Å². The lowest BCUT2D eigenvalue weighted by Gasteiger charge is -2.13. The number of hydrogen-bond acceptors (Lipinski definition) is 3. The summed E-state index contributed by atoms with van der Waals surface area (Å²) in [6.45, 7) is 1.89. The van der Waals surface area contributed by atoms with Gasteiger partial charge in [0.2, 0.25) is 5.88 Å². The monoisotopic (exact) mass is 283 g/mol. The van der Waals surface area contributed by atoms with Crippen LogP contribution in [0.15, 0.2) is 36.5 Å². The molecule has 1 unspecified atom stereocenters. The summed E-state index contributed by atoms with van der Waals surface area (Å²) in [6.07, 6.45) is 3.98. The third-order valence-electron chi connectivity index (χ3n) is 3.91. The summed E-state index contributed by atoms with van der Waals surface area (Å²) >= 11 is 0. The fraction of sp³-hybridized carbons (Fsp3) is 0.294. The van der Waals surface area contributed by atoms with Crippen molar-refractivity contribution in [3.8, 4) is 11.6 Å². The SMILES string of the molecule is CCC(C(=O)O)c1ccc2c(c1)CCc1cccnc1O2. The number of aliphatic carboxylic acids is 1. The summed E-state index contributed by atoms with van der Waals surface area (Å²) in [5, 5.41) is 9.29. The van der Waals surface area contributed by atoms with Crippen LogP contribution in [-0.4, -0.2) is 16.1 Å². The zero-order valence-corrected chi connectivity index (χ0v) is 11.9. The second kappa shape index (κ2) is 5.56. The number of rotatable bonds is 3. The van der Waals surface area contributed by atoms with Gasteiger partial charge in [-0.25, -0.2) is 4.98 Å². The molecule has 21 heavy (non-hydrogen) atoms. The molecule has 0 fully saturated rings. The standard InChI is InChI=1S/C17H17NO3/c1-2-14(17(19)20)12-7-8-15-13(10-12)6-5-11-4-3-9-18-16(11)21-15/h3-4,7-10,14H,2,5-6H2,1H3,(H,19,20). The summed E-state index contributed by atoms with van der Waals surface area (Å²) in [7, 11) is 0. The Bertz CT molecular complexity index is 681. The Labute approximate surface area is 123 Å². The molecule has 1 aromatic carbocycles. The first-order chi connectivity index (χ1) is 10.2. The highest BCUT2D eigenvalue weighted by molar-refractivity contribution is 5.76. The van der Waals surface area contributed by atoms with Gasteiger partial charge in [-0.1, -0.05) is 25.1 Å². The lowest BCUT2D eigenvalue weighted by atomic mass is 9.93. The van der Waals surface area contributed by atoms with Gasteiger partial charge in [0.05, 0.1) is 5.92 Å². The van der Waals surface area contributed by atoms with E-state index in [1.807, 2.05) is 37.3 Å². The topological polar surface area (TPSA) is 59.4 Å². The molecule has 0 bridgehead atoms. The molecule has 1 atom stereocenters. The molecule has 1 N–H and O–H groups in total. The number of benzene rings is 1. The maximum Gasteiger partial charge on any atom is 0.310 e. The largest absolute Gasteiger partial charge is 0.481 e. The average molecular weight is 283 g/mol. The first kappa shape index (κ1) is 13.6. The van der Waals surface area contributed by atoms with E-state index in [9.17, 15) is 9.90 Å². The molecule has 1 aliphatic rings. The van der Waals surface area contributed by atoms with Crippen molar-refractivity contribution in [2.24, 2.45) is 0 Å². The lowest BCUT2D eigenvalue weighted by Crippen LogP contribution is -2.10. The Morgan fingerprint density at radius 2 is 2.14 bits per heavy atom. The second-order valence-corrected chi connectivity index (χ2v) is 5.24. The van der Waals surface area contributed by atoms with E-state index in [4.69, 9.17) is 4.74 Å². The van der Waals surface area contributed by atoms with Crippen LogP contribution in [0.2, 0.25) is 0 Å². The summed E-state index contributed by atoms with van der Waals surface area (Å²) < 4.78 is 5.87. The zero-order chi connectivity index (χ0) is 14.8. The van der Waals surface area contributed by atoms with Gasteiger partial charge in [-0.15, -0.1) is 0 Å². The Morgan fingerprint density at radius 1 is 1.33 bits per heavy atom. The molecule has 0 aliphatic carbocycles. The third kappa shape index (κ3) is 2.61. The molecule has 1 aromatic heterocycles. The Balaban J connectivity index is 1.96. The van der Waals surface area contributed by atoms with Gasteiger partial charge < -0.3 is 9.84 Å². The molecule has 4 nitrogen and oxygen atoms in total. The number of carboxylic acids is 1. The average Bonchev–Trinajstić information content (AvgIpc) is 2.66. The molecule has 3 rings (SSSR count). The number of pyridine rings is 1. The highest BCUT2D eigenvalue weighted by Crippen LogP contribution is 2.34. The highest BCUT2D eigenvalue weighted by atomic mass is 16.5. The van der Waals surface area contributed by atoms with Crippen LogP contribution in [-0.2, 0) is 17.6 Å². The van der Waals surface area contributed by atoms with Gasteiger partial charge in [0.15, 0.2) is 0 Å². The number of carboxylic acid groups (broad SMARTS) is 1. The molecule has 1 aliphatic heterocycles. The minimum absolute atomic E-state index is 0.459. The van der Waals surface area contributed by atoms with Crippen LogP contribution in [0.1, 0.15) is 36.0 Å². The highest BCUT2D eigenvalue weighted by Gasteiger charge is 2.21. The molecule has 0 radical (unpaired) electrons. The number of carbonyl (C=O) groups is 1. The van der Waals surface area contributed by atoms with Crippen molar-refractivity contribution in [1.29, 1.82) is 0 Å². The molecule has 2 aromatic rings. The van der Waals surface area contributed by atoms with Crippen LogP contribution < -0.4 is 4.74 Å². The van der Waals surface area contributed by atoms with E-state index >= 15 is 0 Å². The van der Waals surface area contributed by atoms with Crippen molar-refractivity contribution in [3.63, 3.8) is 0 Å². The molecule has 0 amide bonds. The maximum atomic E-state index is 11.3. The number of nitrogens with zero attached hydrogens (tertiary/aromatic N) is 1. The molecule has 4 heteroatoms. The van der Waals surface area contributed by atoms with Crippen LogP contribution >= 0.6 is 0 Å². The number of aromatic nitrogens is 1. The van der Waals surface area contributed by atoms with Crippen LogP contribution in [0.4, 0.5) is 0 Å². The van der Waals surface area contributed by atoms with Crippen molar-refractivity contribution in [2.45, 2.75) is 32.1 Å². The molecular formula is C17H17NO3. The van der Waals surface area contributed by atoms with Crippen molar-refractivity contribution in [3.05, 3.63) is 53.2 Å². The minimum Gasteiger partial charge on any atom is -0.481 e. The molecule has 108 valence electrons. The maximum absolute atomic E-state index is 11.3. The van der Waals surface area contributed by atoms with Crippen LogP contribution in [0.5, 0.6) is 11.6 Å². The predicted molar refractivity (Wildman–Crippen MR) is 78.8 cm³/mol. The van der Waals surface area contributed by atoms with Crippen LogP contribution in [0, 0.1) is 0 Å². The van der Waals surface area contributed by atoms with Gasteiger partial charge in [-0.05, 0) is 42.5 Å². The van der Waals surface area contributed by atoms with Crippen molar-refractivity contribution in [2.75, 3.05) is 0 Å². The third-order valence-corrected chi connectivity index (χ3v) is 3.91. The second-order valence-electron chi connectivity index (χ2n) is 5.24. The Morgan fingerprint density at radius 3 is 2.90 bits per heavy atom. The fourth-order valence-corrected chi connectivity index (χ4v) is 2.74. The molecular weight excluding hydrogens is 266 g/mol. The van der Waals surface area contributed by atoms with E-state index in [1.165, 1.54) is 0 Å². The zero-order valence-electron chi connectivity index (χ0n) is 11.9. The smallest absolute Gasteiger partial charge is 0.310 e. The van der Waals surface area contributed by atoms with Gasteiger partial charge in [0.25, 0.3) is 0 Å². The lowest BCUT2D eigenvalue weighted by molar-refractivity contribution is -0.138. The number of aryl methyl sites for hydroxylation is 2. The first-order valence-corrected chi connectivity index (χ1v) is 7.16. The number of ether oxygens (including phenoxy) is 1. The number of hydrogen-bond donors (Lipinski definition) is 1. The Hall–Kier alpha value is -2.36. The van der Waals surface area contributed by atoms with Crippen LogP contribution in [0.25, 0.3) is 0 Å². The van der Waals surface area contributed by atoms with Crippen molar-refractivity contribution >= 4 is 5.97 Å². The van der Waals surface area contributed by atoms with Gasteiger partial charge in [-0.3, -0.25) is 4.79 Å². The molecule has 0 saturated heterocycles. The molecule has 2 heterocycles. The van der Waals surface area contributed by atoms with Gasteiger partial charge in [-0.2, -0.15) is 0 Å². The summed E-state index contributed by atoms with van der Waals surface area (Å²) in [6, 6.07) is 9.58. The van der Waals surface area contributed by atoms with E-state index in [0.717, 1.165) is 35.3 Å². The van der Waals surface area contributed by atoms with Crippen molar-refractivity contribution < 1.29 is 14.6 Å². The Kier molecular flexibility index (Phi) is 3.60. The van der Waals surface area contributed by atoms with E-state index < -0.39 is 11.9 Å².